The molecule has 0 aromatic heterocycles. The third kappa shape index (κ3) is 4.30. The molecule has 1 N–H and O–H groups in total. The first kappa shape index (κ1) is 17.4. The summed E-state index contributed by atoms with van der Waals surface area (Å²) in [5, 5.41) is 13.7. The quantitative estimate of drug-likeness (QED) is 0.507. The van der Waals surface area contributed by atoms with Crippen LogP contribution in [-0.2, 0) is 9.53 Å². The highest BCUT2D eigenvalue weighted by Gasteiger charge is 2.22. The van der Waals surface area contributed by atoms with Gasteiger partial charge in [-0.15, -0.1) is 0 Å². The molecule has 0 fully saturated rings. The second-order valence-corrected chi connectivity index (χ2v) is 5.26. The van der Waals surface area contributed by atoms with Gasteiger partial charge in [0.1, 0.15) is 5.69 Å². The smallest absolute Gasteiger partial charge is 0.338 e. The number of carbonyl (C=O) groups is 2. The molecule has 0 spiro atoms. The number of rotatable bonds is 5. The fourth-order valence-corrected chi connectivity index (χ4v) is 2.06. The summed E-state index contributed by atoms with van der Waals surface area (Å²) in [5.74, 6) is -1.40. The van der Waals surface area contributed by atoms with E-state index in [2.05, 4.69) is 5.32 Å². The van der Waals surface area contributed by atoms with E-state index in [9.17, 15) is 19.7 Å². The van der Waals surface area contributed by atoms with Crippen LogP contribution in [0.1, 0.15) is 17.3 Å². The average Bonchev–Trinajstić information content (AvgIpc) is 2.55. The Hall–Kier alpha value is -2.93. The number of para-hydroxylation sites is 2. The lowest BCUT2D eigenvalue weighted by atomic mass is 10.2. The van der Waals surface area contributed by atoms with Gasteiger partial charge in [0, 0.05) is 11.1 Å². The number of nitrogens with zero attached hydrogens (tertiary/aromatic N) is 1. The van der Waals surface area contributed by atoms with E-state index >= 15 is 0 Å². The molecule has 7 nitrogen and oxygen atoms in total. The number of benzene rings is 2. The summed E-state index contributed by atoms with van der Waals surface area (Å²) in [6.07, 6.45) is -1.14. The summed E-state index contributed by atoms with van der Waals surface area (Å²) < 4.78 is 5.05. The third-order valence-corrected chi connectivity index (χ3v) is 3.31. The zero-order valence-corrected chi connectivity index (χ0v) is 13.3. The molecule has 0 aliphatic heterocycles. The topological polar surface area (TPSA) is 98.5 Å². The maximum Gasteiger partial charge on any atom is 0.338 e. The molecule has 0 unspecified atom stereocenters. The van der Waals surface area contributed by atoms with Crippen molar-refractivity contribution in [1.82, 2.24) is 0 Å². The average molecular weight is 349 g/mol. The predicted molar refractivity (Wildman–Crippen MR) is 88.1 cm³/mol. The van der Waals surface area contributed by atoms with Gasteiger partial charge in [0.15, 0.2) is 6.10 Å². The molecule has 0 aliphatic rings. The van der Waals surface area contributed by atoms with Crippen LogP contribution < -0.4 is 5.32 Å². The normalized spacial score (nSPS) is 11.4. The molecule has 0 radical (unpaired) electrons. The Kier molecular flexibility index (Phi) is 5.49. The standard InChI is InChI=1S/C16H13ClN2O5/c1-10(24-16(21)11-5-4-6-12(17)9-11)15(20)18-13-7-2-3-8-14(13)19(22)23/h2-10H,1H3,(H,18,20)/t10-/m1/s1. The Labute approximate surface area is 142 Å². The van der Waals surface area contributed by atoms with Gasteiger partial charge in [0.05, 0.1) is 10.5 Å². The van der Waals surface area contributed by atoms with E-state index in [1.54, 1.807) is 18.2 Å². The second kappa shape index (κ2) is 7.56. The van der Waals surface area contributed by atoms with Crippen LogP contribution in [0.2, 0.25) is 5.02 Å². The van der Waals surface area contributed by atoms with Gasteiger partial charge in [-0.1, -0.05) is 29.8 Å². The van der Waals surface area contributed by atoms with Crippen molar-refractivity contribution >= 4 is 34.9 Å². The van der Waals surface area contributed by atoms with Crippen LogP contribution in [0.3, 0.4) is 0 Å². The van der Waals surface area contributed by atoms with Gasteiger partial charge in [0.25, 0.3) is 11.6 Å². The number of hydrogen-bond donors (Lipinski definition) is 1. The van der Waals surface area contributed by atoms with E-state index in [-0.39, 0.29) is 16.9 Å². The first-order valence-corrected chi connectivity index (χ1v) is 7.27. The van der Waals surface area contributed by atoms with Crippen molar-refractivity contribution in [2.75, 3.05) is 5.32 Å². The van der Waals surface area contributed by atoms with E-state index in [1.807, 2.05) is 0 Å². The van der Waals surface area contributed by atoms with Gasteiger partial charge in [-0.05, 0) is 31.2 Å². The van der Waals surface area contributed by atoms with Gasteiger partial charge < -0.3 is 10.1 Å². The molecular weight excluding hydrogens is 336 g/mol. The number of nitro groups is 1. The number of anilines is 1. The largest absolute Gasteiger partial charge is 0.449 e. The molecule has 1 amide bonds. The van der Waals surface area contributed by atoms with Crippen LogP contribution in [0.25, 0.3) is 0 Å². The van der Waals surface area contributed by atoms with Crippen molar-refractivity contribution in [3.63, 3.8) is 0 Å². The Morgan fingerprint density at radius 3 is 2.58 bits per heavy atom. The Bertz CT molecular complexity index is 794. The van der Waals surface area contributed by atoms with Crippen LogP contribution in [0, 0.1) is 10.1 Å². The SMILES string of the molecule is C[C@@H](OC(=O)c1cccc(Cl)c1)C(=O)Nc1ccccc1[N+](=O)[O-]. The molecule has 1 atom stereocenters. The van der Waals surface area contributed by atoms with Gasteiger partial charge in [-0.3, -0.25) is 14.9 Å². The number of hydrogen-bond acceptors (Lipinski definition) is 5. The minimum Gasteiger partial charge on any atom is -0.449 e. The van der Waals surface area contributed by atoms with E-state index in [1.165, 1.54) is 37.3 Å². The van der Waals surface area contributed by atoms with Crippen molar-refractivity contribution in [2.45, 2.75) is 13.0 Å². The number of nitro benzene ring substituents is 1. The molecular formula is C16H13ClN2O5. The summed E-state index contributed by atoms with van der Waals surface area (Å²) in [7, 11) is 0. The zero-order chi connectivity index (χ0) is 17.7. The predicted octanol–water partition coefficient (Wildman–Crippen LogP) is 3.43. The molecule has 2 aromatic carbocycles. The third-order valence-electron chi connectivity index (χ3n) is 3.07. The molecule has 2 aromatic rings. The highest BCUT2D eigenvalue weighted by atomic mass is 35.5. The highest BCUT2D eigenvalue weighted by molar-refractivity contribution is 6.30. The maximum atomic E-state index is 12.1. The molecule has 0 saturated carbocycles. The number of ether oxygens (including phenoxy) is 1. The van der Waals surface area contributed by atoms with Gasteiger partial charge >= 0.3 is 5.97 Å². The van der Waals surface area contributed by atoms with Gasteiger partial charge in [0.2, 0.25) is 0 Å². The minimum atomic E-state index is -1.14. The van der Waals surface area contributed by atoms with Crippen molar-refractivity contribution < 1.29 is 19.2 Å². The van der Waals surface area contributed by atoms with Crippen LogP contribution in [0.15, 0.2) is 48.5 Å². The van der Waals surface area contributed by atoms with Crippen LogP contribution in [-0.4, -0.2) is 22.9 Å². The summed E-state index contributed by atoms with van der Waals surface area (Å²) in [6, 6.07) is 11.8. The summed E-state index contributed by atoms with van der Waals surface area (Å²) in [4.78, 5) is 34.4. The highest BCUT2D eigenvalue weighted by Crippen LogP contribution is 2.23. The molecule has 24 heavy (non-hydrogen) atoms. The minimum absolute atomic E-state index is 0.0261. The molecule has 0 aliphatic carbocycles. The van der Waals surface area contributed by atoms with E-state index in [0.717, 1.165) is 0 Å². The Morgan fingerprint density at radius 1 is 1.21 bits per heavy atom. The maximum absolute atomic E-state index is 12.1. The van der Waals surface area contributed by atoms with Crippen molar-refractivity contribution in [2.24, 2.45) is 0 Å². The van der Waals surface area contributed by atoms with E-state index in [4.69, 9.17) is 16.3 Å². The van der Waals surface area contributed by atoms with E-state index in [0.29, 0.717) is 5.02 Å². The first-order chi connectivity index (χ1) is 11.4. The van der Waals surface area contributed by atoms with Crippen molar-refractivity contribution in [3.05, 3.63) is 69.2 Å². The lowest BCUT2D eigenvalue weighted by Gasteiger charge is -2.13. The monoisotopic (exact) mass is 348 g/mol. The van der Waals surface area contributed by atoms with E-state index < -0.39 is 22.9 Å². The molecule has 0 bridgehead atoms. The first-order valence-electron chi connectivity index (χ1n) is 6.89. The fraction of sp³-hybridized carbons (Fsp3) is 0.125. The second-order valence-electron chi connectivity index (χ2n) is 4.82. The fourth-order valence-electron chi connectivity index (χ4n) is 1.87. The van der Waals surface area contributed by atoms with Crippen LogP contribution in [0.4, 0.5) is 11.4 Å². The summed E-state index contributed by atoms with van der Waals surface area (Å²) in [5.41, 5.74) is -0.0230. The molecule has 8 heteroatoms. The molecule has 0 saturated heterocycles. The number of amides is 1. The summed E-state index contributed by atoms with van der Waals surface area (Å²) in [6.45, 7) is 1.37. The van der Waals surface area contributed by atoms with Gasteiger partial charge in [-0.25, -0.2) is 4.79 Å². The lowest BCUT2D eigenvalue weighted by molar-refractivity contribution is -0.383. The molecule has 2 rings (SSSR count). The Morgan fingerprint density at radius 2 is 1.92 bits per heavy atom. The number of halogens is 1. The number of carbonyl (C=O) groups excluding carboxylic acids is 2. The molecule has 0 heterocycles. The number of esters is 1. The van der Waals surface area contributed by atoms with Crippen molar-refractivity contribution in [1.29, 1.82) is 0 Å². The van der Waals surface area contributed by atoms with Crippen molar-refractivity contribution in [3.8, 4) is 0 Å². The Balaban J connectivity index is 2.05. The van der Waals surface area contributed by atoms with Gasteiger partial charge in [-0.2, -0.15) is 0 Å². The molecule has 124 valence electrons. The van der Waals surface area contributed by atoms with Crippen LogP contribution >= 0.6 is 11.6 Å². The van der Waals surface area contributed by atoms with Crippen LogP contribution in [0.5, 0.6) is 0 Å². The zero-order valence-electron chi connectivity index (χ0n) is 12.6. The summed E-state index contributed by atoms with van der Waals surface area (Å²) >= 11 is 5.79. The number of nitrogens with one attached hydrogen (secondary N) is 1. The lowest BCUT2D eigenvalue weighted by Crippen LogP contribution is -2.30.